The predicted octanol–water partition coefficient (Wildman–Crippen LogP) is -1.43. The van der Waals surface area contributed by atoms with E-state index in [1.54, 1.807) is 0 Å². The third-order valence-electron chi connectivity index (χ3n) is 2.37. The Hall–Kier alpha value is -3.25. The Kier molecular flexibility index (Phi) is 7.80. The van der Waals surface area contributed by atoms with Gasteiger partial charge in [0.2, 0.25) is 0 Å². The summed E-state index contributed by atoms with van der Waals surface area (Å²) < 4.78 is 0. The Morgan fingerprint density at radius 2 is 1.62 bits per heavy atom. The van der Waals surface area contributed by atoms with Crippen molar-refractivity contribution in [1.29, 1.82) is 0 Å². The molecule has 0 aliphatic heterocycles. The molecule has 24 heavy (non-hydrogen) atoms. The molecule has 0 radical (unpaired) electrons. The Balaban J connectivity index is 0.000000446. The van der Waals surface area contributed by atoms with Crippen molar-refractivity contribution in [2.45, 2.75) is 18.4 Å². The molecule has 132 valence electrons. The van der Waals surface area contributed by atoms with Crippen molar-refractivity contribution < 1.29 is 49.5 Å². The zero-order valence-electron chi connectivity index (χ0n) is 11.9. The van der Waals surface area contributed by atoms with Crippen molar-refractivity contribution in [1.82, 2.24) is 4.98 Å². The van der Waals surface area contributed by atoms with Crippen molar-refractivity contribution in [3.63, 3.8) is 0 Å². The van der Waals surface area contributed by atoms with Crippen molar-refractivity contribution in [2.75, 3.05) is 0 Å². The summed E-state index contributed by atoms with van der Waals surface area (Å²) in [5.41, 5.74) is -2.92. The van der Waals surface area contributed by atoms with Gasteiger partial charge in [-0.3, -0.25) is 9.59 Å². The Labute approximate surface area is 133 Å². The lowest BCUT2D eigenvalue weighted by Crippen LogP contribution is -2.42. The molecule has 1 aromatic rings. The number of aliphatic carboxylic acids is 3. The van der Waals surface area contributed by atoms with Crippen molar-refractivity contribution in [2.24, 2.45) is 5.90 Å². The summed E-state index contributed by atoms with van der Waals surface area (Å²) in [4.78, 5) is 48.5. The number of carbonyl (C=O) groups is 4. The number of rotatable bonds is 6. The summed E-state index contributed by atoms with van der Waals surface area (Å²) in [6.45, 7) is 0. The van der Waals surface area contributed by atoms with Gasteiger partial charge in [0.1, 0.15) is 5.75 Å². The van der Waals surface area contributed by atoms with Gasteiger partial charge in [0.25, 0.3) is 0 Å². The van der Waals surface area contributed by atoms with Crippen LogP contribution in [-0.2, 0) is 19.2 Å². The highest BCUT2D eigenvalue weighted by Gasteiger charge is 2.40. The second-order valence-electron chi connectivity index (χ2n) is 4.25. The van der Waals surface area contributed by atoms with E-state index < -0.39 is 42.3 Å². The van der Waals surface area contributed by atoms with E-state index in [0.29, 0.717) is 0 Å². The van der Waals surface area contributed by atoms with Crippen LogP contribution in [0, 0.1) is 0 Å². The summed E-state index contributed by atoms with van der Waals surface area (Å²) in [5, 5.41) is 42.8. The zero-order chi connectivity index (χ0) is 18.9. The van der Waals surface area contributed by atoms with Crippen LogP contribution in [0.15, 0.2) is 18.3 Å². The first kappa shape index (κ1) is 20.8. The molecule has 0 aliphatic rings. The molecule has 0 fully saturated rings. The number of hydrogen-bond donors (Lipinski definition) is 6. The second-order valence-corrected chi connectivity index (χ2v) is 4.25. The summed E-state index contributed by atoms with van der Waals surface area (Å²) in [6.07, 6.45) is -0.935. The second kappa shape index (κ2) is 9.02. The van der Waals surface area contributed by atoms with Gasteiger partial charge in [0.15, 0.2) is 11.3 Å². The minimum Gasteiger partial charge on any atom is -0.505 e. The number of pyridine rings is 1. The Bertz CT molecular complexity index is 614. The number of nitrogens with zero attached hydrogens (tertiary/aromatic N) is 1. The maximum absolute atomic E-state index is 10.7. The fraction of sp³-hybridized carbons (Fsp3) is 0.250. The summed E-state index contributed by atoms with van der Waals surface area (Å²) >= 11 is 0. The van der Waals surface area contributed by atoms with Gasteiger partial charge < -0.3 is 30.4 Å². The number of hydrogen-bond acceptors (Lipinski definition) is 9. The number of carboxylic acid groups (broad SMARTS) is 3. The molecule has 0 bridgehead atoms. The van der Waals surface area contributed by atoms with Crippen LogP contribution in [0.3, 0.4) is 0 Å². The smallest absolute Gasteiger partial charge is 0.379 e. The molecule has 12 nitrogen and oxygen atoms in total. The van der Waals surface area contributed by atoms with Gasteiger partial charge in [0.05, 0.1) is 12.8 Å². The lowest BCUT2D eigenvalue weighted by molar-refractivity contribution is -0.170. The van der Waals surface area contributed by atoms with Crippen LogP contribution >= 0.6 is 0 Å². The third-order valence-corrected chi connectivity index (χ3v) is 2.37. The highest BCUT2D eigenvalue weighted by atomic mass is 16.7. The molecule has 0 aromatic carbocycles. The maximum atomic E-state index is 10.7. The van der Waals surface area contributed by atoms with E-state index in [1.165, 1.54) is 18.3 Å². The molecule has 0 aliphatic carbocycles. The molecule has 0 atom stereocenters. The first-order valence-corrected chi connectivity index (χ1v) is 5.98. The molecule has 0 saturated heterocycles. The number of aliphatic hydroxyl groups is 1. The fourth-order valence-corrected chi connectivity index (χ4v) is 1.32. The van der Waals surface area contributed by atoms with Crippen LogP contribution in [0.4, 0.5) is 0 Å². The molecular weight excluding hydrogens is 332 g/mol. The van der Waals surface area contributed by atoms with Gasteiger partial charge in [0, 0.05) is 6.20 Å². The highest BCUT2D eigenvalue weighted by Crippen LogP contribution is 2.15. The number of nitrogens with two attached hydrogens (primary N) is 1. The van der Waals surface area contributed by atoms with Gasteiger partial charge in [-0.1, -0.05) is 0 Å². The average Bonchev–Trinajstić information content (AvgIpc) is 2.45. The standard InChI is InChI=1S/C6H6N2O3.C6H8O7/c7-11-6(10)5-4(9)2-1-3-8-5;7-3(8)1-6(13,5(11)12)2-4(9)10/h1-3,9H,7H2;13H,1-2H2,(H,7,8)(H,9,10)(H,11,12). The molecular formula is C12H14N2O10. The summed E-state index contributed by atoms with van der Waals surface area (Å²) in [6, 6.07) is 2.81. The monoisotopic (exact) mass is 346 g/mol. The molecule has 0 amide bonds. The van der Waals surface area contributed by atoms with Crippen LogP contribution in [0.5, 0.6) is 5.75 Å². The minimum atomic E-state index is -2.74. The van der Waals surface area contributed by atoms with E-state index in [9.17, 15) is 19.2 Å². The number of carbonyl (C=O) groups excluding carboxylic acids is 1. The van der Waals surface area contributed by atoms with Crippen LogP contribution < -0.4 is 5.90 Å². The van der Waals surface area contributed by atoms with E-state index in [-0.39, 0.29) is 11.4 Å². The van der Waals surface area contributed by atoms with Crippen molar-refractivity contribution >= 4 is 23.9 Å². The van der Waals surface area contributed by atoms with Crippen molar-refractivity contribution in [3.05, 3.63) is 24.0 Å². The van der Waals surface area contributed by atoms with Crippen LogP contribution in [0.2, 0.25) is 0 Å². The molecule has 7 N–H and O–H groups in total. The van der Waals surface area contributed by atoms with Gasteiger partial charge in [-0.2, -0.15) is 5.90 Å². The van der Waals surface area contributed by atoms with Gasteiger partial charge in [-0.05, 0) is 12.1 Å². The molecule has 0 saturated carbocycles. The normalized spacial score (nSPS) is 10.1. The highest BCUT2D eigenvalue weighted by molar-refractivity contribution is 5.89. The average molecular weight is 346 g/mol. The summed E-state index contributed by atoms with van der Waals surface area (Å²) in [7, 11) is 0. The zero-order valence-corrected chi connectivity index (χ0v) is 11.9. The topological polar surface area (TPSA) is 218 Å². The summed E-state index contributed by atoms with van der Waals surface area (Å²) in [5.74, 6) is -1.55. The largest absolute Gasteiger partial charge is 0.505 e. The third kappa shape index (κ3) is 6.67. The lowest BCUT2D eigenvalue weighted by atomic mass is 9.96. The van der Waals surface area contributed by atoms with E-state index in [1.807, 2.05) is 0 Å². The van der Waals surface area contributed by atoms with E-state index in [4.69, 9.17) is 25.5 Å². The van der Waals surface area contributed by atoms with E-state index >= 15 is 0 Å². The predicted molar refractivity (Wildman–Crippen MR) is 72.6 cm³/mol. The first-order valence-electron chi connectivity index (χ1n) is 5.98. The van der Waals surface area contributed by atoms with E-state index in [2.05, 4.69) is 15.7 Å². The maximum Gasteiger partial charge on any atom is 0.379 e. The Morgan fingerprint density at radius 1 is 1.12 bits per heavy atom. The molecule has 1 rings (SSSR count). The Morgan fingerprint density at radius 3 is 1.96 bits per heavy atom. The molecule has 0 unspecified atom stereocenters. The van der Waals surface area contributed by atoms with Gasteiger partial charge in [-0.15, -0.1) is 0 Å². The van der Waals surface area contributed by atoms with Crippen molar-refractivity contribution in [3.8, 4) is 5.75 Å². The lowest BCUT2D eigenvalue weighted by Gasteiger charge is -2.18. The molecule has 1 heterocycles. The molecule has 12 heteroatoms. The quantitative estimate of drug-likeness (QED) is 0.326. The molecule has 0 spiro atoms. The number of carboxylic acids is 3. The first-order chi connectivity index (χ1) is 11.0. The number of aromatic nitrogens is 1. The molecule has 1 aromatic heterocycles. The fourth-order valence-electron chi connectivity index (χ4n) is 1.32. The van der Waals surface area contributed by atoms with Gasteiger partial charge >= 0.3 is 23.9 Å². The van der Waals surface area contributed by atoms with Crippen LogP contribution in [0.1, 0.15) is 23.3 Å². The number of aromatic hydroxyl groups is 1. The van der Waals surface area contributed by atoms with Crippen LogP contribution in [0.25, 0.3) is 0 Å². The SMILES string of the molecule is NOC(=O)c1ncccc1O.O=C(O)CC(O)(CC(=O)O)C(=O)O. The van der Waals surface area contributed by atoms with Crippen LogP contribution in [-0.4, -0.2) is 60.0 Å². The minimum absolute atomic E-state index is 0.185. The van der Waals surface area contributed by atoms with Gasteiger partial charge in [-0.25, -0.2) is 14.6 Å². The van der Waals surface area contributed by atoms with E-state index in [0.717, 1.165) is 0 Å².